The first-order valence-electron chi connectivity index (χ1n) is 10.0. The highest BCUT2D eigenvalue weighted by Gasteiger charge is 2.23. The Morgan fingerprint density at radius 1 is 1.29 bits per heavy atom. The van der Waals surface area contributed by atoms with Gasteiger partial charge >= 0.3 is 0 Å². The van der Waals surface area contributed by atoms with Crippen molar-refractivity contribution in [2.24, 2.45) is 7.05 Å². The van der Waals surface area contributed by atoms with Crippen molar-refractivity contribution in [1.82, 2.24) is 39.3 Å². The Morgan fingerprint density at radius 3 is 2.97 bits per heavy atom. The molecule has 0 spiro atoms. The van der Waals surface area contributed by atoms with E-state index < -0.39 is 0 Å². The number of nitrogens with one attached hydrogen (secondary N) is 1. The zero-order valence-corrected chi connectivity index (χ0v) is 18.6. The quantitative estimate of drug-likeness (QED) is 0.317. The van der Waals surface area contributed by atoms with Crippen molar-refractivity contribution in [3.8, 4) is 11.5 Å². The fourth-order valence-electron chi connectivity index (χ4n) is 3.59. The van der Waals surface area contributed by atoms with Crippen LogP contribution in [0.5, 0.6) is 0 Å². The number of rotatable bonds is 8. The Balaban J connectivity index is 1.39. The van der Waals surface area contributed by atoms with Gasteiger partial charge in [0.2, 0.25) is 0 Å². The highest BCUT2D eigenvalue weighted by Crippen LogP contribution is 2.27. The number of furan rings is 1. The van der Waals surface area contributed by atoms with Gasteiger partial charge in [-0.25, -0.2) is 0 Å². The van der Waals surface area contributed by atoms with Crippen LogP contribution in [-0.2, 0) is 30.6 Å². The predicted molar refractivity (Wildman–Crippen MR) is 116 cm³/mol. The number of hydrogen-bond acceptors (Lipinski definition) is 8. The fraction of sp³-hybridized carbons (Fsp3) is 0.421. The number of aryl methyl sites for hydroxylation is 1. The molecule has 0 aliphatic carbocycles. The summed E-state index contributed by atoms with van der Waals surface area (Å²) in [6.07, 6.45) is 5.83. The van der Waals surface area contributed by atoms with Crippen LogP contribution >= 0.6 is 24.0 Å². The summed E-state index contributed by atoms with van der Waals surface area (Å²) in [7, 11) is 1.89. The average molecular weight is 459 g/mol. The van der Waals surface area contributed by atoms with Crippen molar-refractivity contribution in [3.63, 3.8) is 0 Å². The van der Waals surface area contributed by atoms with Crippen molar-refractivity contribution in [1.29, 1.82) is 0 Å². The van der Waals surface area contributed by atoms with E-state index in [0.717, 1.165) is 47.7 Å². The van der Waals surface area contributed by atoms with E-state index in [0.29, 0.717) is 23.6 Å². The molecule has 4 aromatic heterocycles. The third-order valence-electron chi connectivity index (χ3n) is 5.13. The molecule has 5 heterocycles. The number of aromatic amines is 1. The second kappa shape index (κ2) is 8.81. The van der Waals surface area contributed by atoms with Crippen molar-refractivity contribution >= 4 is 24.0 Å². The molecular formula is C19H22N8O2S2. The van der Waals surface area contributed by atoms with Gasteiger partial charge in [-0.15, -0.1) is 10.2 Å². The van der Waals surface area contributed by atoms with Crippen LogP contribution in [0.1, 0.15) is 24.4 Å². The van der Waals surface area contributed by atoms with E-state index in [1.807, 2.05) is 36.0 Å². The van der Waals surface area contributed by atoms with Crippen LogP contribution in [0.2, 0.25) is 0 Å². The molecule has 1 aliphatic heterocycles. The van der Waals surface area contributed by atoms with Gasteiger partial charge in [0.15, 0.2) is 15.8 Å². The number of ether oxygens (including phenoxy) is 1. The molecule has 1 saturated heterocycles. The Kier molecular flexibility index (Phi) is 5.74. The molecular weight excluding hydrogens is 436 g/mol. The lowest BCUT2D eigenvalue weighted by Crippen LogP contribution is -2.17. The molecule has 162 valence electrons. The van der Waals surface area contributed by atoms with E-state index in [1.165, 1.54) is 0 Å². The number of aromatic nitrogens is 8. The maximum absolute atomic E-state index is 5.86. The number of nitrogens with zero attached hydrogens (tertiary/aromatic N) is 7. The monoisotopic (exact) mass is 458 g/mol. The minimum Gasteiger partial charge on any atom is -0.467 e. The van der Waals surface area contributed by atoms with Crippen LogP contribution in [0.15, 0.2) is 40.2 Å². The molecule has 1 N–H and O–H groups in total. The van der Waals surface area contributed by atoms with Crippen molar-refractivity contribution in [2.75, 3.05) is 6.61 Å². The summed E-state index contributed by atoms with van der Waals surface area (Å²) in [6, 6.07) is 5.72. The van der Waals surface area contributed by atoms with Gasteiger partial charge in [-0.1, -0.05) is 11.8 Å². The molecule has 1 fully saturated rings. The molecule has 31 heavy (non-hydrogen) atoms. The summed E-state index contributed by atoms with van der Waals surface area (Å²) in [5.41, 5.74) is 0.792. The smallest absolute Gasteiger partial charge is 0.195 e. The second-order valence-electron chi connectivity index (χ2n) is 7.33. The largest absolute Gasteiger partial charge is 0.467 e. The van der Waals surface area contributed by atoms with Crippen LogP contribution in [-0.4, -0.2) is 52.0 Å². The summed E-state index contributed by atoms with van der Waals surface area (Å²) in [6.45, 7) is 2.02. The third-order valence-corrected chi connectivity index (χ3v) is 6.41. The molecule has 4 aromatic rings. The molecule has 0 bridgehead atoms. The Bertz CT molecular complexity index is 1200. The van der Waals surface area contributed by atoms with Gasteiger partial charge in [0.25, 0.3) is 0 Å². The average Bonchev–Trinajstić information content (AvgIpc) is 3.57. The summed E-state index contributed by atoms with van der Waals surface area (Å²) in [5.74, 6) is 2.97. The number of thioether (sulfide) groups is 1. The SMILES string of the molecule is Cn1ccc(-c2nnc(SCc3n[nH]c(=S)n3Cc3ccco3)n2C[C@@H]2CCCO2)n1. The van der Waals surface area contributed by atoms with Crippen LogP contribution in [0.4, 0.5) is 0 Å². The summed E-state index contributed by atoms with van der Waals surface area (Å²) in [5, 5.41) is 21.5. The summed E-state index contributed by atoms with van der Waals surface area (Å²) in [4.78, 5) is 0. The van der Waals surface area contributed by atoms with Gasteiger partial charge in [0.05, 0.1) is 31.2 Å². The molecule has 0 radical (unpaired) electrons. The van der Waals surface area contributed by atoms with Crippen LogP contribution in [0.3, 0.4) is 0 Å². The van der Waals surface area contributed by atoms with E-state index in [1.54, 1.807) is 22.7 Å². The lowest BCUT2D eigenvalue weighted by atomic mass is 10.2. The van der Waals surface area contributed by atoms with Crippen molar-refractivity contribution < 1.29 is 9.15 Å². The maximum Gasteiger partial charge on any atom is 0.195 e. The Morgan fingerprint density at radius 2 is 2.23 bits per heavy atom. The first-order valence-corrected chi connectivity index (χ1v) is 11.4. The first-order chi connectivity index (χ1) is 15.2. The molecule has 0 unspecified atom stereocenters. The van der Waals surface area contributed by atoms with Crippen LogP contribution in [0.25, 0.3) is 11.5 Å². The Labute approximate surface area is 187 Å². The minimum absolute atomic E-state index is 0.159. The number of H-pyrrole nitrogens is 1. The summed E-state index contributed by atoms with van der Waals surface area (Å²) >= 11 is 6.97. The zero-order valence-electron chi connectivity index (χ0n) is 17.0. The van der Waals surface area contributed by atoms with Gasteiger partial charge < -0.3 is 9.15 Å². The van der Waals surface area contributed by atoms with Gasteiger partial charge in [-0.3, -0.25) is 18.9 Å². The van der Waals surface area contributed by atoms with E-state index in [-0.39, 0.29) is 6.10 Å². The van der Waals surface area contributed by atoms with Gasteiger partial charge in [0.1, 0.15) is 17.3 Å². The second-order valence-corrected chi connectivity index (χ2v) is 8.65. The molecule has 0 aromatic carbocycles. The van der Waals surface area contributed by atoms with Crippen molar-refractivity contribution in [2.45, 2.75) is 42.9 Å². The molecule has 0 saturated carbocycles. The normalized spacial score (nSPS) is 16.4. The summed E-state index contributed by atoms with van der Waals surface area (Å²) < 4.78 is 17.7. The zero-order chi connectivity index (χ0) is 21.2. The lowest BCUT2D eigenvalue weighted by Gasteiger charge is -2.14. The van der Waals surface area contributed by atoms with Crippen LogP contribution < -0.4 is 0 Å². The Hall–Kier alpha value is -2.70. The molecule has 1 atom stereocenters. The van der Waals surface area contributed by atoms with E-state index in [9.17, 15) is 0 Å². The molecule has 5 rings (SSSR count). The van der Waals surface area contributed by atoms with Gasteiger partial charge in [0, 0.05) is 19.9 Å². The molecule has 10 nitrogen and oxygen atoms in total. The third kappa shape index (κ3) is 4.36. The fourth-order valence-corrected chi connectivity index (χ4v) is 4.70. The maximum atomic E-state index is 5.86. The standard InChI is InChI=1S/C19H22N8O2S2/c1-25-7-6-15(24-25)17-21-23-19(27(17)11-14-5-3-9-29-14)31-12-16-20-22-18(30)26(16)10-13-4-2-8-28-13/h2,4,6-8,14H,3,5,9-12H2,1H3,(H,22,30)/t14-/m0/s1. The molecule has 0 amide bonds. The first kappa shape index (κ1) is 20.2. The van der Waals surface area contributed by atoms with Gasteiger partial charge in [-0.2, -0.15) is 10.2 Å². The van der Waals surface area contributed by atoms with Crippen LogP contribution in [0, 0.1) is 4.77 Å². The minimum atomic E-state index is 0.159. The highest BCUT2D eigenvalue weighted by molar-refractivity contribution is 7.98. The van der Waals surface area contributed by atoms with E-state index in [4.69, 9.17) is 21.4 Å². The lowest BCUT2D eigenvalue weighted by molar-refractivity contribution is 0.0953. The highest BCUT2D eigenvalue weighted by atomic mass is 32.2. The predicted octanol–water partition coefficient (Wildman–Crippen LogP) is 3.05. The molecule has 1 aliphatic rings. The van der Waals surface area contributed by atoms with E-state index in [2.05, 4.69) is 30.1 Å². The topological polar surface area (TPSA) is 105 Å². The van der Waals surface area contributed by atoms with Crippen molar-refractivity contribution in [3.05, 3.63) is 47.0 Å². The van der Waals surface area contributed by atoms with E-state index >= 15 is 0 Å². The number of hydrogen-bond donors (Lipinski definition) is 1. The van der Waals surface area contributed by atoms with Gasteiger partial charge in [-0.05, 0) is 43.3 Å². The molecule has 12 heteroatoms.